The van der Waals surface area contributed by atoms with Crippen molar-refractivity contribution in [2.24, 2.45) is 5.92 Å². The van der Waals surface area contributed by atoms with Crippen molar-refractivity contribution in [1.29, 1.82) is 0 Å². The highest BCUT2D eigenvalue weighted by atomic mass is 16.7. The molecule has 0 N–H and O–H groups in total. The molecule has 0 aromatic heterocycles. The number of rotatable bonds is 3. The zero-order valence-electron chi connectivity index (χ0n) is 20.3. The molecule has 2 bridgehead atoms. The van der Waals surface area contributed by atoms with E-state index < -0.39 is 12.5 Å². The zero-order chi connectivity index (χ0) is 22.6. The van der Waals surface area contributed by atoms with Crippen LogP contribution < -0.4 is 10.4 Å². The van der Waals surface area contributed by atoms with Gasteiger partial charge < -0.3 is 19.1 Å². The van der Waals surface area contributed by atoms with Crippen LogP contribution in [0.1, 0.15) is 72.8 Å². The molecule has 6 heteroatoms. The summed E-state index contributed by atoms with van der Waals surface area (Å²) in [7, 11) is -0.410. The molecule has 5 nitrogen and oxygen atoms in total. The van der Waals surface area contributed by atoms with Crippen LogP contribution in [-0.4, -0.2) is 47.8 Å². The van der Waals surface area contributed by atoms with Crippen LogP contribution in [0.3, 0.4) is 0 Å². The number of fused-ring (bicyclic) bond motifs is 3. The van der Waals surface area contributed by atoms with E-state index in [1.807, 2.05) is 0 Å². The summed E-state index contributed by atoms with van der Waals surface area (Å²) in [5.74, 6) is 1.06. The average molecular weight is 434 g/mol. The summed E-state index contributed by atoms with van der Waals surface area (Å²) in [5.41, 5.74) is 3.47. The van der Waals surface area contributed by atoms with Crippen molar-refractivity contribution in [1.82, 2.24) is 4.90 Å². The molecule has 5 aliphatic rings. The van der Waals surface area contributed by atoms with E-state index >= 15 is 0 Å². The van der Waals surface area contributed by atoms with Gasteiger partial charge in [-0.05, 0) is 90.2 Å². The van der Waals surface area contributed by atoms with Gasteiger partial charge in [0.15, 0.2) is 0 Å². The molecule has 1 unspecified atom stereocenters. The number of hydrogen-bond acceptors (Lipinski definition) is 4. The summed E-state index contributed by atoms with van der Waals surface area (Å²) in [6, 6.07) is 7.21. The number of carbonyl (C=O) groups excluding carboxylic acids is 1. The number of likely N-dealkylation sites (tertiary alicyclic amines) is 1. The molecule has 2 saturated heterocycles. The molecule has 3 heterocycles. The predicted molar refractivity (Wildman–Crippen MR) is 127 cm³/mol. The summed E-state index contributed by atoms with van der Waals surface area (Å²) in [5, 5.41) is 0. The van der Waals surface area contributed by atoms with E-state index in [0.717, 1.165) is 35.5 Å². The van der Waals surface area contributed by atoms with Gasteiger partial charge in [-0.1, -0.05) is 18.2 Å². The lowest BCUT2D eigenvalue weighted by molar-refractivity contribution is -0.123. The highest BCUT2D eigenvalue weighted by Gasteiger charge is 2.54. The van der Waals surface area contributed by atoms with Gasteiger partial charge in [-0.15, -0.1) is 0 Å². The van der Waals surface area contributed by atoms with Crippen LogP contribution in [0.2, 0.25) is 0 Å². The topological polar surface area (TPSA) is 42.0 Å². The molecule has 0 spiro atoms. The van der Waals surface area contributed by atoms with Crippen molar-refractivity contribution in [3.63, 3.8) is 0 Å². The van der Waals surface area contributed by atoms with Gasteiger partial charge >= 0.3 is 7.12 Å². The minimum atomic E-state index is -0.496. The zero-order valence-corrected chi connectivity index (χ0v) is 20.3. The first-order valence-electron chi connectivity index (χ1n) is 12.3. The number of nitrogens with zero attached hydrogens (tertiary/aromatic N) is 2. The van der Waals surface area contributed by atoms with Gasteiger partial charge in [-0.25, -0.2) is 0 Å². The maximum Gasteiger partial charge on any atom is 0.494 e. The van der Waals surface area contributed by atoms with Crippen LogP contribution in [0.4, 0.5) is 5.69 Å². The van der Waals surface area contributed by atoms with E-state index in [9.17, 15) is 4.79 Å². The van der Waals surface area contributed by atoms with Gasteiger partial charge in [0.05, 0.1) is 16.6 Å². The fourth-order valence-electron chi connectivity index (χ4n) is 6.23. The van der Waals surface area contributed by atoms with Crippen LogP contribution in [0, 0.1) is 5.92 Å². The second-order valence-corrected chi connectivity index (χ2v) is 12.1. The van der Waals surface area contributed by atoms with E-state index in [4.69, 9.17) is 9.31 Å². The van der Waals surface area contributed by atoms with Crippen molar-refractivity contribution >= 4 is 24.2 Å². The number of amides is 1. The monoisotopic (exact) mass is 434 g/mol. The van der Waals surface area contributed by atoms with Crippen LogP contribution >= 0.6 is 0 Å². The van der Waals surface area contributed by atoms with E-state index in [1.54, 1.807) is 5.70 Å². The minimum absolute atomic E-state index is 0.226. The fourth-order valence-corrected chi connectivity index (χ4v) is 6.23. The second-order valence-electron chi connectivity index (χ2n) is 12.1. The summed E-state index contributed by atoms with van der Waals surface area (Å²) < 4.78 is 12.6. The average Bonchev–Trinajstić information content (AvgIpc) is 3.39. The summed E-state index contributed by atoms with van der Waals surface area (Å²) in [4.78, 5) is 18.3. The Morgan fingerprint density at radius 1 is 1.00 bits per heavy atom. The van der Waals surface area contributed by atoms with Crippen molar-refractivity contribution in [2.75, 3.05) is 11.4 Å². The Morgan fingerprint density at radius 2 is 1.69 bits per heavy atom. The van der Waals surface area contributed by atoms with E-state index in [1.165, 1.54) is 19.4 Å². The maximum atomic E-state index is 13.6. The van der Waals surface area contributed by atoms with Gasteiger partial charge in [-0.3, -0.25) is 4.79 Å². The molecule has 32 heavy (non-hydrogen) atoms. The van der Waals surface area contributed by atoms with Gasteiger partial charge in [0.2, 0.25) is 5.91 Å². The number of allylic oxidation sites excluding steroid dienone is 2. The van der Waals surface area contributed by atoms with Crippen molar-refractivity contribution < 1.29 is 14.1 Å². The smallest absolute Gasteiger partial charge is 0.399 e. The normalized spacial score (nSPS) is 33.6. The third-order valence-corrected chi connectivity index (χ3v) is 9.14. The lowest BCUT2D eigenvalue weighted by atomic mass is 9.76. The Balaban J connectivity index is 1.27. The molecule has 1 saturated carbocycles. The van der Waals surface area contributed by atoms with Gasteiger partial charge in [0, 0.05) is 30.0 Å². The van der Waals surface area contributed by atoms with Gasteiger partial charge in [0.1, 0.15) is 0 Å². The van der Waals surface area contributed by atoms with Crippen molar-refractivity contribution in [3.05, 3.63) is 35.5 Å². The standard InChI is InChI=1S/C26H35BN2O3/c1-24(2)21-10-8-17(27-31-25(3,4)26(5,6)32-27)12-22(21)29(23(24)30)20-13-19(14-20)28-15-16-7-9-18(28)11-16/h8-10,12,16,19-20H,7,11,13-15H2,1-6H3. The summed E-state index contributed by atoms with van der Waals surface area (Å²) >= 11 is 0. The SMILES string of the molecule is CC1(C)C(=O)N(C2CC(N3CC4CC=C3C4)C2)c2cc(B3OC(C)(C)C(C)(C)O3)ccc21. The highest BCUT2D eigenvalue weighted by Crippen LogP contribution is 2.48. The van der Waals surface area contributed by atoms with Crippen molar-refractivity contribution in [2.45, 2.75) is 95.9 Å². The third-order valence-electron chi connectivity index (χ3n) is 9.14. The molecule has 170 valence electrons. The largest absolute Gasteiger partial charge is 0.494 e. The Morgan fingerprint density at radius 3 is 2.28 bits per heavy atom. The number of anilines is 1. The molecule has 0 radical (unpaired) electrons. The number of hydrogen-bond donors (Lipinski definition) is 0. The van der Waals surface area contributed by atoms with Crippen LogP contribution in [0.5, 0.6) is 0 Å². The third kappa shape index (κ3) is 2.75. The molecule has 1 atom stereocenters. The highest BCUT2D eigenvalue weighted by molar-refractivity contribution is 6.62. The van der Waals surface area contributed by atoms with Crippen LogP contribution in [0.15, 0.2) is 30.0 Å². The van der Waals surface area contributed by atoms with E-state index in [0.29, 0.717) is 6.04 Å². The van der Waals surface area contributed by atoms with Gasteiger partial charge in [-0.2, -0.15) is 0 Å². The molecule has 2 aliphatic carbocycles. The summed E-state index contributed by atoms with van der Waals surface area (Å²) in [6.45, 7) is 13.6. The fraction of sp³-hybridized carbons (Fsp3) is 0.654. The van der Waals surface area contributed by atoms with Crippen LogP contribution in [-0.2, 0) is 19.5 Å². The van der Waals surface area contributed by atoms with Gasteiger partial charge in [0.25, 0.3) is 0 Å². The summed E-state index contributed by atoms with van der Waals surface area (Å²) in [6.07, 6.45) is 7.07. The van der Waals surface area contributed by atoms with Crippen molar-refractivity contribution in [3.8, 4) is 0 Å². The maximum absolute atomic E-state index is 13.6. The Kier molecular flexibility index (Phi) is 4.17. The molecule has 1 aromatic carbocycles. The number of benzene rings is 1. The van der Waals surface area contributed by atoms with E-state index in [-0.39, 0.29) is 23.2 Å². The Labute approximate surface area is 192 Å². The van der Waals surface area contributed by atoms with E-state index in [2.05, 4.69) is 75.6 Å². The molecule has 1 aromatic rings. The Hall–Kier alpha value is -1.79. The minimum Gasteiger partial charge on any atom is -0.399 e. The number of carbonyl (C=O) groups is 1. The molecular formula is C26H35BN2O3. The molecule has 3 aliphatic heterocycles. The lowest BCUT2D eigenvalue weighted by Gasteiger charge is -2.47. The molecule has 3 fully saturated rings. The molecular weight excluding hydrogens is 399 g/mol. The lowest BCUT2D eigenvalue weighted by Crippen LogP contribution is -2.55. The molecule has 1 amide bonds. The first-order valence-corrected chi connectivity index (χ1v) is 12.3. The first-order chi connectivity index (χ1) is 15.0. The molecule has 6 rings (SSSR count). The quantitative estimate of drug-likeness (QED) is 0.680. The van der Waals surface area contributed by atoms with Crippen LogP contribution in [0.25, 0.3) is 0 Å². The predicted octanol–water partition coefficient (Wildman–Crippen LogP) is 3.75. The first kappa shape index (κ1) is 20.8. The Bertz CT molecular complexity index is 1010. The second kappa shape index (κ2) is 6.41.